The summed E-state index contributed by atoms with van der Waals surface area (Å²) in [7, 11) is 4.76. The van der Waals surface area contributed by atoms with E-state index in [1.54, 1.807) is 38.9 Å². The van der Waals surface area contributed by atoms with Gasteiger partial charge in [-0.3, -0.25) is 9.78 Å². The summed E-state index contributed by atoms with van der Waals surface area (Å²) in [6, 6.07) is 15.4. The molecule has 2 aromatic heterocycles. The molecule has 246 valence electrons. The number of fused-ring (bicyclic) bond motifs is 1. The van der Waals surface area contributed by atoms with Gasteiger partial charge in [-0.1, -0.05) is 57.2 Å². The maximum Gasteiger partial charge on any atom is 0.270 e. The van der Waals surface area contributed by atoms with Crippen molar-refractivity contribution in [2.45, 2.75) is 27.7 Å². The molecule has 47 heavy (non-hydrogen) atoms. The van der Waals surface area contributed by atoms with Gasteiger partial charge in [0.15, 0.2) is 5.88 Å². The number of benzene rings is 2. The van der Waals surface area contributed by atoms with Crippen LogP contribution in [0.2, 0.25) is 0 Å². The summed E-state index contributed by atoms with van der Waals surface area (Å²) in [5.41, 5.74) is 3.65. The molecule has 0 unspecified atom stereocenters. The lowest BCUT2D eigenvalue weighted by molar-refractivity contribution is 0.0959. The predicted molar refractivity (Wildman–Crippen MR) is 190 cm³/mol. The van der Waals surface area contributed by atoms with E-state index in [-0.39, 0.29) is 11.3 Å². The summed E-state index contributed by atoms with van der Waals surface area (Å²) >= 11 is 1.35. The Labute approximate surface area is 280 Å². The molecule has 0 saturated carbocycles. The van der Waals surface area contributed by atoms with Gasteiger partial charge in [-0.2, -0.15) is 0 Å². The second-order valence-corrected chi connectivity index (χ2v) is 12.4. The number of thiazole rings is 1. The number of methoxy groups -OCH3 is 2. The Morgan fingerprint density at radius 2 is 1.79 bits per heavy atom. The number of nitrogens with zero attached hydrogens (tertiary/aromatic N) is 2. The number of amides is 1. The number of hydrogen-bond donors (Lipinski definition) is 4. The van der Waals surface area contributed by atoms with Gasteiger partial charge in [0.2, 0.25) is 0 Å². The van der Waals surface area contributed by atoms with E-state index >= 15 is 0 Å². The van der Waals surface area contributed by atoms with Crippen molar-refractivity contribution in [2.75, 3.05) is 33.1 Å². The lowest BCUT2D eigenvalue weighted by Gasteiger charge is -2.23. The number of carbonyl (C=O) groups excluding carboxylic acids is 1. The van der Waals surface area contributed by atoms with Crippen molar-refractivity contribution in [2.24, 2.45) is 5.41 Å². The van der Waals surface area contributed by atoms with Crippen LogP contribution in [-0.2, 0) is 9.47 Å². The number of aromatic nitrogens is 2. The molecule has 0 fully saturated rings. The van der Waals surface area contributed by atoms with Gasteiger partial charge in [0.05, 0.1) is 26.5 Å². The molecule has 4 N–H and O–H groups in total. The average molecular weight is 655 g/mol. The number of anilines is 1. The summed E-state index contributed by atoms with van der Waals surface area (Å²) < 4.78 is 17.3. The normalized spacial score (nSPS) is 12.1. The highest BCUT2D eigenvalue weighted by atomic mass is 32.1. The van der Waals surface area contributed by atoms with Crippen molar-refractivity contribution in [1.29, 1.82) is 0 Å². The van der Waals surface area contributed by atoms with Crippen LogP contribution in [0.5, 0.6) is 11.5 Å². The fourth-order valence-electron chi connectivity index (χ4n) is 4.32. The molecule has 0 aliphatic rings. The van der Waals surface area contributed by atoms with E-state index in [1.165, 1.54) is 11.3 Å². The Kier molecular flexibility index (Phi) is 11.3. The van der Waals surface area contributed by atoms with Gasteiger partial charge >= 0.3 is 0 Å². The minimum Gasteiger partial charge on any atom is -0.497 e. The zero-order valence-corrected chi connectivity index (χ0v) is 28.7. The Balaban J connectivity index is 1.59. The lowest BCUT2D eigenvalue weighted by Crippen LogP contribution is -2.25. The van der Waals surface area contributed by atoms with Crippen LogP contribution in [0.15, 0.2) is 108 Å². The number of rotatable bonds is 14. The molecule has 4 aromatic rings. The minimum absolute atomic E-state index is 0.0550. The van der Waals surface area contributed by atoms with E-state index in [1.807, 2.05) is 42.5 Å². The van der Waals surface area contributed by atoms with Crippen LogP contribution >= 0.6 is 11.3 Å². The van der Waals surface area contributed by atoms with E-state index in [4.69, 9.17) is 14.2 Å². The number of carbonyl (C=O) groups is 1. The van der Waals surface area contributed by atoms with Crippen molar-refractivity contribution in [3.05, 3.63) is 114 Å². The topological polar surface area (TPSA) is 119 Å². The molecule has 2 heterocycles. The van der Waals surface area contributed by atoms with Gasteiger partial charge in [-0.15, -0.1) is 11.3 Å². The van der Waals surface area contributed by atoms with E-state index in [0.717, 1.165) is 27.7 Å². The molecule has 2 aromatic carbocycles. The number of ether oxygens (including phenoxy) is 3. The van der Waals surface area contributed by atoms with Gasteiger partial charge < -0.3 is 35.5 Å². The van der Waals surface area contributed by atoms with Gasteiger partial charge in [0.25, 0.3) is 5.91 Å². The Hall–Kier alpha value is -5.29. The molecule has 1 amide bonds. The van der Waals surface area contributed by atoms with Crippen LogP contribution in [0.1, 0.15) is 38.2 Å². The molecule has 0 atom stereocenters. The second-order valence-electron chi connectivity index (χ2n) is 11.6. The first kappa shape index (κ1) is 34.6. The third-order valence-corrected chi connectivity index (χ3v) is 8.25. The largest absolute Gasteiger partial charge is 0.497 e. The first-order valence-electron chi connectivity index (χ1n) is 14.9. The molecule has 0 bridgehead atoms. The molecule has 10 nitrogen and oxygen atoms in total. The standard InChI is InChI=1S/C36H42N6O4S/c1-22(36(4,5)6)18-29(33(45-9)20-39-24(3)44-8)41-23(2)40-28-14-15-32(27-13-11-10-12-26(27)28)46-25-16-17-38-30(19-25)35-42-31(21-47-35)34(43)37-7/h10-19,21,39-41H,2-3,20H2,1,4-9H3,(H,37,43)/b22-18+,33-29-. The molecule has 0 spiro atoms. The third-order valence-electron chi connectivity index (χ3n) is 7.38. The van der Waals surface area contributed by atoms with Crippen LogP contribution in [-0.4, -0.2) is 43.7 Å². The van der Waals surface area contributed by atoms with Gasteiger partial charge in [0, 0.05) is 41.2 Å². The summed E-state index contributed by atoms with van der Waals surface area (Å²) in [5, 5.41) is 16.7. The van der Waals surface area contributed by atoms with Crippen molar-refractivity contribution < 1.29 is 19.0 Å². The maximum atomic E-state index is 12.0. The fraction of sp³-hybridized carbons (Fsp3) is 0.250. The smallest absolute Gasteiger partial charge is 0.270 e. The van der Waals surface area contributed by atoms with E-state index in [2.05, 4.69) is 78.2 Å². The summed E-state index contributed by atoms with van der Waals surface area (Å²) in [4.78, 5) is 20.8. The third kappa shape index (κ3) is 8.92. The number of allylic oxidation sites excluding steroid dienone is 2. The summed E-state index contributed by atoms with van der Waals surface area (Å²) in [6.07, 6.45) is 3.72. The van der Waals surface area contributed by atoms with E-state index in [0.29, 0.717) is 51.9 Å². The molecule has 4 rings (SSSR count). The van der Waals surface area contributed by atoms with E-state index in [9.17, 15) is 4.79 Å². The number of nitrogens with one attached hydrogen (secondary N) is 4. The molecule has 0 radical (unpaired) electrons. The number of hydrogen-bond acceptors (Lipinski definition) is 10. The highest BCUT2D eigenvalue weighted by Gasteiger charge is 2.17. The van der Waals surface area contributed by atoms with E-state index < -0.39 is 0 Å². The van der Waals surface area contributed by atoms with Crippen LogP contribution in [0, 0.1) is 5.41 Å². The van der Waals surface area contributed by atoms with Gasteiger partial charge in [-0.25, -0.2) is 4.98 Å². The van der Waals surface area contributed by atoms with Crippen molar-refractivity contribution in [3.63, 3.8) is 0 Å². The zero-order chi connectivity index (χ0) is 34.1. The molecule has 0 aliphatic carbocycles. The first-order valence-corrected chi connectivity index (χ1v) is 15.8. The van der Waals surface area contributed by atoms with Gasteiger partial charge in [-0.05, 0) is 43.2 Å². The fourth-order valence-corrected chi connectivity index (χ4v) is 5.08. The zero-order valence-electron chi connectivity index (χ0n) is 27.9. The van der Waals surface area contributed by atoms with Gasteiger partial charge in [0.1, 0.15) is 39.5 Å². The SMILES string of the molecule is C=C(NC(/C=C(\C)C(C)(C)C)=C(/CNC(=C)OC)OC)Nc1ccc(Oc2ccnc(-c3nc(C(=O)NC)cs3)c2)c2ccccc12. The highest BCUT2D eigenvalue weighted by Crippen LogP contribution is 2.36. The molecule has 0 aliphatic heterocycles. The Morgan fingerprint density at radius 1 is 1.04 bits per heavy atom. The van der Waals surface area contributed by atoms with Crippen LogP contribution in [0.4, 0.5) is 5.69 Å². The average Bonchev–Trinajstić information content (AvgIpc) is 3.56. The molecular weight excluding hydrogens is 613 g/mol. The van der Waals surface area contributed by atoms with Crippen LogP contribution in [0.3, 0.4) is 0 Å². The monoisotopic (exact) mass is 654 g/mol. The summed E-state index contributed by atoms with van der Waals surface area (Å²) in [6.45, 7) is 17.0. The Bertz CT molecular complexity index is 1840. The second kappa shape index (κ2) is 15.3. The van der Waals surface area contributed by atoms with Crippen LogP contribution in [0.25, 0.3) is 21.5 Å². The lowest BCUT2D eigenvalue weighted by atomic mass is 9.87. The molecular formula is C36H42N6O4S. The van der Waals surface area contributed by atoms with Crippen molar-refractivity contribution in [3.8, 4) is 22.2 Å². The van der Waals surface area contributed by atoms with Crippen molar-refractivity contribution >= 4 is 33.7 Å². The van der Waals surface area contributed by atoms with Crippen molar-refractivity contribution in [1.82, 2.24) is 25.9 Å². The maximum absolute atomic E-state index is 12.0. The predicted octanol–water partition coefficient (Wildman–Crippen LogP) is 7.54. The highest BCUT2D eigenvalue weighted by molar-refractivity contribution is 7.13. The van der Waals surface area contributed by atoms with Crippen LogP contribution < -0.4 is 26.0 Å². The summed E-state index contributed by atoms with van der Waals surface area (Å²) in [5.74, 6) is 2.66. The minimum atomic E-state index is -0.244. The molecule has 0 saturated heterocycles. The quantitative estimate of drug-likeness (QED) is 0.0808. The Morgan fingerprint density at radius 3 is 2.47 bits per heavy atom. The molecule has 11 heteroatoms. The number of pyridine rings is 1. The first-order chi connectivity index (χ1) is 22.4.